The molecule has 2 aromatic rings. The Morgan fingerprint density at radius 2 is 1.73 bits per heavy atom. The van der Waals surface area contributed by atoms with Gasteiger partial charge in [-0.05, 0) is 39.8 Å². The van der Waals surface area contributed by atoms with Gasteiger partial charge in [-0.25, -0.2) is 8.78 Å². The number of alkyl halides is 2. The molecule has 0 spiro atoms. The van der Waals surface area contributed by atoms with Crippen molar-refractivity contribution in [1.29, 1.82) is 0 Å². The highest BCUT2D eigenvalue weighted by atomic mass is 19.3. The molecule has 0 amide bonds. The second kappa shape index (κ2) is 4.84. The quantitative estimate of drug-likeness (QED) is 0.853. The molecule has 0 unspecified atom stereocenters. The van der Waals surface area contributed by atoms with Gasteiger partial charge in [-0.2, -0.15) is 4.52 Å². The lowest BCUT2D eigenvalue weighted by molar-refractivity contribution is -0.133. The standard InChI is InChI=1S/C14H19F2N5O/c1-13(2)7-20(8-14(3,4)22-13)10-6-5-9-17-18-12(11(15)16)21(9)19-10/h5-6,11H,7-8H2,1-4H3. The van der Waals surface area contributed by atoms with Crippen molar-refractivity contribution in [2.75, 3.05) is 18.0 Å². The molecule has 3 heterocycles. The van der Waals surface area contributed by atoms with Gasteiger partial charge in [0.05, 0.1) is 11.2 Å². The lowest BCUT2D eigenvalue weighted by atomic mass is 9.99. The Balaban J connectivity index is 2.00. The van der Waals surface area contributed by atoms with Crippen LogP contribution in [0, 0.1) is 0 Å². The fraction of sp³-hybridized carbons (Fsp3) is 0.643. The van der Waals surface area contributed by atoms with Gasteiger partial charge in [0.15, 0.2) is 5.65 Å². The first-order valence-electron chi connectivity index (χ1n) is 7.13. The van der Waals surface area contributed by atoms with Gasteiger partial charge in [0, 0.05) is 13.1 Å². The number of ether oxygens (including phenoxy) is 1. The van der Waals surface area contributed by atoms with Gasteiger partial charge in [0.1, 0.15) is 5.82 Å². The van der Waals surface area contributed by atoms with E-state index in [1.165, 1.54) is 0 Å². The molecule has 0 radical (unpaired) electrons. The molecule has 3 rings (SSSR count). The number of anilines is 1. The monoisotopic (exact) mass is 311 g/mol. The third kappa shape index (κ3) is 2.75. The molecule has 22 heavy (non-hydrogen) atoms. The van der Waals surface area contributed by atoms with Crippen molar-refractivity contribution in [2.45, 2.75) is 45.3 Å². The number of halogens is 2. The van der Waals surface area contributed by atoms with Crippen molar-refractivity contribution in [3.63, 3.8) is 0 Å². The Labute approximate surface area is 127 Å². The largest absolute Gasteiger partial charge is 0.366 e. The molecule has 6 nitrogen and oxygen atoms in total. The predicted molar refractivity (Wildman–Crippen MR) is 77.2 cm³/mol. The van der Waals surface area contributed by atoms with Gasteiger partial charge in [-0.15, -0.1) is 15.3 Å². The molecule has 0 aliphatic carbocycles. The highest BCUT2D eigenvalue weighted by Crippen LogP contribution is 2.30. The van der Waals surface area contributed by atoms with Gasteiger partial charge in [-0.1, -0.05) is 0 Å². The summed E-state index contributed by atoms with van der Waals surface area (Å²) in [6.07, 6.45) is -2.71. The molecule has 1 aliphatic heterocycles. The normalized spacial score (nSPS) is 20.8. The zero-order valence-electron chi connectivity index (χ0n) is 13.0. The summed E-state index contributed by atoms with van der Waals surface area (Å²) in [6.45, 7) is 9.26. The minimum atomic E-state index is -2.71. The fourth-order valence-corrected chi connectivity index (χ4v) is 3.05. The molecule has 0 saturated carbocycles. The summed E-state index contributed by atoms with van der Waals surface area (Å²) in [5, 5.41) is 11.5. The number of nitrogens with zero attached hydrogens (tertiary/aromatic N) is 5. The minimum Gasteiger partial charge on any atom is -0.366 e. The Morgan fingerprint density at radius 3 is 2.32 bits per heavy atom. The Morgan fingerprint density at radius 1 is 1.09 bits per heavy atom. The summed E-state index contributed by atoms with van der Waals surface area (Å²) in [4.78, 5) is 2.04. The molecule has 0 N–H and O–H groups in total. The molecule has 0 atom stereocenters. The van der Waals surface area contributed by atoms with E-state index in [2.05, 4.69) is 15.3 Å². The maximum atomic E-state index is 13.0. The molecule has 0 aromatic carbocycles. The molecule has 0 bridgehead atoms. The van der Waals surface area contributed by atoms with Crippen molar-refractivity contribution in [3.8, 4) is 0 Å². The lowest BCUT2D eigenvalue weighted by Crippen LogP contribution is -2.57. The fourth-order valence-electron chi connectivity index (χ4n) is 3.05. The van der Waals surface area contributed by atoms with Crippen LogP contribution in [0.1, 0.15) is 39.9 Å². The van der Waals surface area contributed by atoms with E-state index in [1.807, 2.05) is 32.6 Å². The number of morpholine rings is 1. The molecule has 1 fully saturated rings. The number of hydrogen-bond acceptors (Lipinski definition) is 5. The van der Waals surface area contributed by atoms with Crippen LogP contribution < -0.4 is 4.90 Å². The zero-order valence-corrected chi connectivity index (χ0v) is 13.0. The summed E-state index contributed by atoms with van der Waals surface area (Å²) in [5.74, 6) is 0.169. The summed E-state index contributed by atoms with van der Waals surface area (Å²) in [7, 11) is 0. The van der Waals surface area contributed by atoms with Gasteiger partial charge in [0.25, 0.3) is 6.43 Å². The smallest absolute Gasteiger partial charge is 0.299 e. The average molecular weight is 311 g/mol. The van der Waals surface area contributed by atoms with Crippen LogP contribution in [-0.4, -0.2) is 44.1 Å². The van der Waals surface area contributed by atoms with Crippen molar-refractivity contribution in [2.24, 2.45) is 0 Å². The van der Waals surface area contributed by atoms with E-state index in [0.717, 1.165) is 4.52 Å². The van der Waals surface area contributed by atoms with Crippen LogP contribution in [0.15, 0.2) is 12.1 Å². The summed E-state index contributed by atoms with van der Waals surface area (Å²) < 4.78 is 33.0. The van der Waals surface area contributed by atoms with Gasteiger partial charge < -0.3 is 9.64 Å². The zero-order chi connectivity index (χ0) is 16.1. The Kier molecular flexibility index (Phi) is 3.32. The summed E-state index contributed by atoms with van der Waals surface area (Å²) >= 11 is 0. The van der Waals surface area contributed by atoms with E-state index in [0.29, 0.717) is 24.6 Å². The molecular formula is C14H19F2N5O. The molecule has 1 saturated heterocycles. The maximum absolute atomic E-state index is 13.0. The average Bonchev–Trinajstić information content (AvgIpc) is 2.77. The van der Waals surface area contributed by atoms with E-state index >= 15 is 0 Å². The van der Waals surface area contributed by atoms with Crippen LogP contribution in [0.4, 0.5) is 14.6 Å². The van der Waals surface area contributed by atoms with Crippen LogP contribution in [-0.2, 0) is 4.74 Å². The van der Waals surface area contributed by atoms with Crippen LogP contribution in [0.5, 0.6) is 0 Å². The van der Waals surface area contributed by atoms with Gasteiger partial charge >= 0.3 is 0 Å². The number of fused-ring (bicyclic) bond motifs is 1. The highest BCUT2D eigenvalue weighted by molar-refractivity contribution is 5.46. The highest BCUT2D eigenvalue weighted by Gasteiger charge is 2.38. The Hall–Kier alpha value is -1.83. The third-order valence-corrected chi connectivity index (χ3v) is 3.49. The third-order valence-electron chi connectivity index (χ3n) is 3.49. The number of aromatic nitrogens is 4. The van der Waals surface area contributed by atoms with E-state index in [9.17, 15) is 8.78 Å². The van der Waals surface area contributed by atoms with E-state index in [-0.39, 0.29) is 11.2 Å². The number of rotatable bonds is 2. The van der Waals surface area contributed by atoms with Crippen LogP contribution >= 0.6 is 0 Å². The molecule has 1 aliphatic rings. The first kappa shape index (κ1) is 15.1. The second-order valence-electron chi connectivity index (χ2n) is 6.80. The van der Waals surface area contributed by atoms with Crippen molar-refractivity contribution in [3.05, 3.63) is 18.0 Å². The predicted octanol–water partition coefficient (Wildman–Crippen LogP) is 2.46. The molecule has 8 heteroatoms. The second-order valence-corrected chi connectivity index (χ2v) is 6.80. The lowest BCUT2D eigenvalue weighted by Gasteiger charge is -2.47. The van der Waals surface area contributed by atoms with E-state index in [4.69, 9.17) is 4.74 Å². The van der Waals surface area contributed by atoms with Crippen molar-refractivity contribution in [1.82, 2.24) is 19.8 Å². The maximum Gasteiger partial charge on any atom is 0.299 e. The van der Waals surface area contributed by atoms with Crippen molar-refractivity contribution >= 4 is 11.5 Å². The Bertz CT molecular complexity index is 682. The SMILES string of the molecule is CC1(C)CN(c2ccc3nnc(C(F)F)n3n2)CC(C)(C)O1. The van der Waals surface area contributed by atoms with Crippen LogP contribution in [0.25, 0.3) is 5.65 Å². The van der Waals surface area contributed by atoms with E-state index in [1.54, 1.807) is 12.1 Å². The topological polar surface area (TPSA) is 55.6 Å². The molecule has 2 aromatic heterocycles. The molecule has 120 valence electrons. The first-order chi connectivity index (χ1) is 10.2. The number of hydrogen-bond donors (Lipinski definition) is 0. The molecular weight excluding hydrogens is 292 g/mol. The van der Waals surface area contributed by atoms with Crippen LogP contribution in [0.2, 0.25) is 0 Å². The van der Waals surface area contributed by atoms with Crippen LogP contribution in [0.3, 0.4) is 0 Å². The summed E-state index contributed by atoms with van der Waals surface area (Å²) in [5.41, 5.74) is -0.389. The summed E-state index contributed by atoms with van der Waals surface area (Å²) in [6, 6.07) is 3.42. The van der Waals surface area contributed by atoms with E-state index < -0.39 is 12.2 Å². The van der Waals surface area contributed by atoms with Crippen molar-refractivity contribution < 1.29 is 13.5 Å². The minimum absolute atomic E-state index is 0.311. The van der Waals surface area contributed by atoms with Gasteiger partial charge in [-0.3, -0.25) is 0 Å². The van der Waals surface area contributed by atoms with Gasteiger partial charge in [0.2, 0.25) is 5.82 Å². The first-order valence-corrected chi connectivity index (χ1v) is 7.13.